The first-order valence-corrected chi connectivity index (χ1v) is 6.76. The number of allylic oxidation sites excluding steroid dienone is 2. The number of fused-ring (bicyclic) bond motifs is 2. The van der Waals surface area contributed by atoms with Gasteiger partial charge in [-0.15, -0.1) is 0 Å². The molecule has 0 saturated heterocycles. The van der Waals surface area contributed by atoms with Gasteiger partial charge in [0.2, 0.25) is 0 Å². The van der Waals surface area contributed by atoms with Crippen molar-refractivity contribution in [1.82, 2.24) is 10.2 Å². The normalized spacial score (nSPS) is 33.9. The minimum absolute atomic E-state index is 0.689. The van der Waals surface area contributed by atoms with Crippen LogP contribution in [0, 0.1) is 17.8 Å². The van der Waals surface area contributed by atoms with Gasteiger partial charge in [0.1, 0.15) is 0 Å². The molecule has 2 rings (SSSR count). The van der Waals surface area contributed by atoms with Crippen LogP contribution in [0.25, 0.3) is 0 Å². The number of likely N-dealkylation sites (N-methyl/N-ethyl adjacent to an activating group) is 1. The van der Waals surface area contributed by atoms with Crippen molar-refractivity contribution >= 4 is 0 Å². The van der Waals surface area contributed by atoms with Crippen LogP contribution in [-0.4, -0.2) is 38.1 Å². The molecule has 4 atom stereocenters. The quantitative estimate of drug-likeness (QED) is 0.693. The fraction of sp³-hybridized carbons (Fsp3) is 0.857. The molecule has 0 aromatic carbocycles. The molecule has 1 fully saturated rings. The molecule has 16 heavy (non-hydrogen) atoms. The molecule has 0 aromatic rings. The summed E-state index contributed by atoms with van der Waals surface area (Å²) in [6.45, 7) is 4.63. The highest BCUT2D eigenvalue weighted by Crippen LogP contribution is 2.42. The van der Waals surface area contributed by atoms with Crippen LogP contribution in [0.15, 0.2) is 12.2 Å². The molecule has 0 aromatic heterocycles. The van der Waals surface area contributed by atoms with E-state index in [-0.39, 0.29) is 0 Å². The largest absolute Gasteiger partial charge is 0.315 e. The lowest BCUT2D eigenvalue weighted by Crippen LogP contribution is -2.39. The molecule has 2 heteroatoms. The molecule has 0 aliphatic heterocycles. The first-order valence-electron chi connectivity index (χ1n) is 6.76. The van der Waals surface area contributed by atoms with Crippen LogP contribution in [0.3, 0.4) is 0 Å². The highest BCUT2D eigenvalue weighted by atomic mass is 15.1. The monoisotopic (exact) mass is 222 g/mol. The smallest absolute Gasteiger partial charge is 0.0211 e. The average molecular weight is 222 g/mol. The molecule has 2 aliphatic carbocycles. The van der Waals surface area contributed by atoms with E-state index in [4.69, 9.17) is 0 Å². The molecule has 0 radical (unpaired) electrons. The van der Waals surface area contributed by atoms with E-state index in [1.54, 1.807) is 0 Å². The molecule has 2 nitrogen and oxygen atoms in total. The van der Waals surface area contributed by atoms with Gasteiger partial charge in [-0.1, -0.05) is 19.1 Å². The summed E-state index contributed by atoms with van der Waals surface area (Å²) in [6.07, 6.45) is 8.96. The Morgan fingerprint density at radius 1 is 1.31 bits per heavy atom. The lowest BCUT2D eigenvalue weighted by molar-refractivity contribution is 0.268. The fourth-order valence-electron chi connectivity index (χ4n) is 3.26. The molecule has 2 aliphatic rings. The molecule has 2 bridgehead atoms. The Bertz CT molecular complexity index is 247. The van der Waals surface area contributed by atoms with Crippen LogP contribution in [0.4, 0.5) is 0 Å². The van der Waals surface area contributed by atoms with Gasteiger partial charge >= 0.3 is 0 Å². The average Bonchev–Trinajstić information content (AvgIpc) is 2.85. The van der Waals surface area contributed by atoms with E-state index in [1.165, 1.54) is 25.8 Å². The van der Waals surface area contributed by atoms with E-state index in [0.717, 1.165) is 24.3 Å². The van der Waals surface area contributed by atoms with Gasteiger partial charge in [0.05, 0.1) is 0 Å². The summed E-state index contributed by atoms with van der Waals surface area (Å²) in [5.41, 5.74) is 0. The number of nitrogens with one attached hydrogen (secondary N) is 1. The third-order valence-electron chi connectivity index (χ3n) is 4.40. The predicted molar refractivity (Wildman–Crippen MR) is 69.5 cm³/mol. The van der Waals surface area contributed by atoms with Crippen LogP contribution < -0.4 is 5.32 Å². The summed E-state index contributed by atoms with van der Waals surface area (Å²) in [6, 6.07) is 0.689. The minimum atomic E-state index is 0.689. The van der Waals surface area contributed by atoms with Gasteiger partial charge < -0.3 is 10.2 Å². The molecule has 92 valence electrons. The van der Waals surface area contributed by atoms with E-state index in [2.05, 4.69) is 43.4 Å². The van der Waals surface area contributed by atoms with Crippen molar-refractivity contribution in [2.24, 2.45) is 17.8 Å². The second-order valence-corrected chi connectivity index (χ2v) is 5.72. The molecule has 4 unspecified atom stereocenters. The number of hydrogen-bond acceptors (Lipinski definition) is 2. The van der Waals surface area contributed by atoms with Gasteiger partial charge in [-0.05, 0) is 57.7 Å². The van der Waals surface area contributed by atoms with Crippen LogP contribution in [0.1, 0.15) is 26.2 Å². The Labute approximate surface area is 100 Å². The highest BCUT2D eigenvalue weighted by molar-refractivity contribution is 5.10. The van der Waals surface area contributed by atoms with Crippen molar-refractivity contribution in [3.8, 4) is 0 Å². The lowest BCUT2D eigenvalue weighted by Gasteiger charge is -2.25. The van der Waals surface area contributed by atoms with Crippen molar-refractivity contribution < 1.29 is 0 Å². The van der Waals surface area contributed by atoms with Gasteiger partial charge in [0.15, 0.2) is 0 Å². The SMILES string of the molecule is CCC(CNCC1CC2C=CC1C2)N(C)C. The van der Waals surface area contributed by atoms with Crippen molar-refractivity contribution in [3.63, 3.8) is 0 Å². The van der Waals surface area contributed by atoms with E-state index >= 15 is 0 Å². The number of rotatable bonds is 6. The van der Waals surface area contributed by atoms with E-state index in [1.807, 2.05) is 0 Å². The third kappa shape index (κ3) is 2.67. The van der Waals surface area contributed by atoms with Gasteiger partial charge in [-0.2, -0.15) is 0 Å². The Morgan fingerprint density at radius 2 is 2.12 bits per heavy atom. The number of hydrogen-bond donors (Lipinski definition) is 1. The Morgan fingerprint density at radius 3 is 2.62 bits per heavy atom. The molecule has 0 spiro atoms. The predicted octanol–water partition coefficient (Wildman–Crippen LogP) is 2.13. The maximum atomic E-state index is 3.67. The van der Waals surface area contributed by atoms with Gasteiger partial charge in [0.25, 0.3) is 0 Å². The Hall–Kier alpha value is -0.340. The maximum Gasteiger partial charge on any atom is 0.0211 e. The van der Waals surface area contributed by atoms with Crippen LogP contribution in [-0.2, 0) is 0 Å². The van der Waals surface area contributed by atoms with Crippen LogP contribution in [0.2, 0.25) is 0 Å². The number of nitrogens with zero attached hydrogens (tertiary/aromatic N) is 1. The summed E-state index contributed by atoms with van der Waals surface area (Å²) >= 11 is 0. The molecule has 0 heterocycles. The minimum Gasteiger partial charge on any atom is -0.315 e. The fourth-order valence-corrected chi connectivity index (χ4v) is 3.26. The summed E-state index contributed by atoms with van der Waals surface area (Å²) in [7, 11) is 4.35. The summed E-state index contributed by atoms with van der Waals surface area (Å²) in [4.78, 5) is 2.33. The van der Waals surface area contributed by atoms with Crippen molar-refractivity contribution in [2.45, 2.75) is 32.2 Å². The van der Waals surface area contributed by atoms with E-state index in [9.17, 15) is 0 Å². The topological polar surface area (TPSA) is 15.3 Å². The molecule has 1 N–H and O–H groups in total. The Kier molecular flexibility index (Phi) is 4.04. The van der Waals surface area contributed by atoms with E-state index < -0.39 is 0 Å². The van der Waals surface area contributed by atoms with Crippen LogP contribution in [0.5, 0.6) is 0 Å². The summed E-state index contributed by atoms with van der Waals surface area (Å²) < 4.78 is 0. The van der Waals surface area contributed by atoms with Crippen molar-refractivity contribution in [3.05, 3.63) is 12.2 Å². The zero-order valence-corrected chi connectivity index (χ0v) is 10.9. The zero-order chi connectivity index (χ0) is 11.5. The van der Waals surface area contributed by atoms with E-state index in [0.29, 0.717) is 6.04 Å². The third-order valence-corrected chi connectivity index (χ3v) is 4.40. The molecule has 1 saturated carbocycles. The lowest BCUT2D eigenvalue weighted by atomic mass is 9.93. The van der Waals surface area contributed by atoms with Crippen molar-refractivity contribution in [2.75, 3.05) is 27.2 Å². The Balaban J connectivity index is 1.66. The molecule has 0 amide bonds. The second-order valence-electron chi connectivity index (χ2n) is 5.72. The first-order chi connectivity index (χ1) is 7.70. The van der Waals surface area contributed by atoms with Gasteiger partial charge in [0, 0.05) is 12.6 Å². The summed E-state index contributed by atoms with van der Waals surface area (Å²) in [5, 5.41) is 3.67. The van der Waals surface area contributed by atoms with Gasteiger partial charge in [-0.3, -0.25) is 0 Å². The van der Waals surface area contributed by atoms with Crippen molar-refractivity contribution in [1.29, 1.82) is 0 Å². The maximum absolute atomic E-state index is 3.67. The molecular formula is C14H26N2. The summed E-state index contributed by atoms with van der Waals surface area (Å²) in [5.74, 6) is 2.71. The highest BCUT2D eigenvalue weighted by Gasteiger charge is 2.34. The first kappa shape index (κ1) is 12.1. The standard InChI is InChI=1S/C14H26N2/c1-4-14(16(2)3)10-15-9-13-8-11-5-6-12(13)7-11/h5-6,11-15H,4,7-10H2,1-3H3. The zero-order valence-electron chi connectivity index (χ0n) is 10.9. The second kappa shape index (κ2) is 5.33. The van der Waals surface area contributed by atoms with Crippen LogP contribution >= 0.6 is 0 Å². The van der Waals surface area contributed by atoms with Gasteiger partial charge in [-0.25, -0.2) is 0 Å². The molecular weight excluding hydrogens is 196 g/mol.